The molecule has 1 aliphatic rings. The molecule has 1 saturated heterocycles. The first kappa shape index (κ1) is 19.8. The summed E-state index contributed by atoms with van der Waals surface area (Å²) in [5.74, 6) is -0.407. The number of nitrogens with one attached hydrogen (secondary N) is 1. The fourth-order valence-electron chi connectivity index (χ4n) is 4.07. The molecule has 2 amide bonds. The molecule has 4 rings (SSSR count). The van der Waals surface area contributed by atoms with Crippen LogP contribution in [0.1, 0.15) is 33.1 Å². The van der Waals surface area contributed by atoms with E-state index in [1.165, 1.54) is 0 Å². The topological polar surface area (TPSA) is 62.3 Å². The van der Waals surface area contributed by atoms with E-state index < -0.39 is 0 Å². The largest absolute Gasteiger partial charge is 0.350 e. The number of aryl methyl sites for hydroxylation is 1. The van der Waals surface area contributed by atoms with E-state index in [9.17, 15) is 9.59 Å². The number of hydrogen-bond donors (Lipinski definition) is 1. The van der Waals surface area contributed by atoms with E-state index >= 15 is 0 Å². The molecule has 2 atom stereocenters. The van der Waals surface area contributed by atoms with Gasteiger partial charge in [-0.15, -0.1) is 0 Å². The van der Waals surface area contributed by atoms with Crippen molar-refractivity contribution in [2.24, 2.45) is 5.92 Å². The Labute approximate surface area is 176 Å². The van der Waals surface area contributed by atoms with Crippen molar-refractivity contribution >= 4 is 11.8 Å². The van der Waals surface area contributed by atoms with E-state index in [2.05, 4.69) is 10.3 Å². The minimum absolute atomic E-state index is 0.0194. The molecule has 0 saturated carbocycles. The van der Waals surface area contributed by atoms with Crippen molar-refractivity contribution < 1.29 is 9.59 Å². The number of rotatable bonds is 5. The summed E-state index contributed by atoms with van der Waals surface area (Å²) < 4.78 is 0. The second kappa shape index (κ2) is 8.91. The number of carbonyl (C=O) groups is 2. The SMILES string of the molecule is Cc1ccccc1C(=O)N1C[C@@H](C(=O)NCc2ccccn2)[C@H](c2ccccc2)C1. The van der Waals surface area contributed by atoms with E-state index in [0.717, 1.165) is 16.8 Å². The molecule has 152 valence electrons. The number of aromatic nitrogens is 1. The van der Waals surface area contributed by atoms with Crippen molar-refractivity contribution in [1.82, 2.24) is 15.2 Å². The molecular formula is C25H25N3O2. The Kier molecular flexibility index (Phi) is 5.89. The molecule has 0 radical (unpaired) electrons. The highest BCUT2D eigenvalue weighted by Gasteiger charge is 2.40. The van der Waals surface area contributed by atoms with Gasteiger partial charge in [-0.1, -0.05) is 54.6 Å². The molecule has 1 fully saturated rings. The van der Waals surface area contributed by atoms with E-state index in [0.29, 0.717) is 25.2 Å². The molecule has 1 aromatic heterocycles. The van der Waals surface area contributed by atoms with Gasteiger partial charge in [-0.2, -0.15) is 0 Å². The lowest BCUT2D eigenvalue weighted by Crippen LogP contribution is -2.35. The molecule has 5 nitrogen and oxygen atoms in total. The van der Waals surface area contributed by atoms with Crippen molar-refractivity contribution in [1.29, 1.82) is 0 Å². The minimum atomic E-state index is -0.302. The summed E-state index contributed by atoms with van der Waals surface area (Å²) in [7, 11) is 0. The Bertz CT molecular complexity index is 1020. The Balaban J connectivity index is 1.54. The highest BCUT2D eigenvalue weighted by molar-refractivity contribution is 5.96. The molecular weight excluding hydrogens is 374 g/mol. The number of likely N-dealkylation sites (tertiary alicyclic amines) is 1. The summed E-state index contributed by atoms with van der Waals surface area (Å²) in [5.41, 5.74) is 3.53. The number of carbonyl (C=O) groups excluding carboxylic acids is 2. The van der Waals surface area contributed by atoms with Crippen molar-refractivity contribution in [3.8, 4) is 0 Å². The second-order valence-electron chi connectivity index (χ2n) is 7.69. The Morgan fingerprint density at radius 2 is 1.70 bits per heavy atom. The van der Waals surface area contributed by atoms with Gasteiger partial charge >= 0.3 is 0 Å². The minimum Gasteiger partial charge on any atom is -0.350 e. The average molecular weight is 399 g/mol. The van der Waals surface area contributed by atoms with Crippen LogP contribution in [0, 0.1) is 12.8 Å². The van der Waals surface area contributed by atoms with Crippen LogP contribution in [0.5, 0.6) is 0 Å². The summed E-state index contributed by atoms with van der Waals surface area (Å²) in [6.45, 7) is 3.25. The van der Waals surface area contributed by atoms with Gasteiger partial charge in [-0.25, -0.2) is 0 Å². The standard InChI is InChI=1S/C25H25N3O2/c1-18-9-5-6-13-21(18)25(30)28-16-22(19-10-3-2-4-11-19)23(17-28)24(29)27-15-20-12-7-8-14-26-20/h2-14,22-23H,15-17H2,1H3,(H,27,29)/t22-,23+/m0/s1. The van der Waals surface area contributed by atoms with E-state index in [4.69, 9.17) is 0 Å². The molecule has 0 aliphatic carbocycles. The quantitative estimate of drug-likeness (QED) is 0.714. The lowest BCUT2D eigenvalue weighted by molar-refractivity contribution is -0.125. The van der Waals surface area contributed by atoms with Crippen LogP contribution in [0.3, 0.4) is 0 Å². The third-order valence-electron chi connectivity index (χ3n) is 5.72. The maximum Gasteiger partial charge on any atom is 0.254 e. The van der Waals surface area contributed by atoms with Crippen LogP contribution in [-0.4, -0.2) is 34.8 Å². The van der Waals surface area contributed by atoms with Gasteiger partial charge in [-0.3, -0.25) is 14.6 Å². The molecule has 5 heteroatoms. The van der Waals surface area contributed by atoms with Gasteiger partial charge in [0.1, 0.15) is 0 Å². The first-order valence-electron chi connectivity index (χ1n) is 10.2. The third kappa shape index (κ3) is 4.25. The van der Waals surface area contributed by atoms with Crippen LogP contribution in [0.25, 0.3) is 0 Å². The van der Waals surface area contributed by atoms with Gasteiger partial charge in [0.2, 0.25) is 5.91 Å². The number of nitrogens with zero attached hydrogens (tertiary/aromatic N) is 2. The monoisotopic (exact) mass is 399 g/mol. The molecule has 0 unspecified atom stereocenters. The maximum absolute atomic E-state index is 13.2. The predicted molar refractivity (Wildman–Crippen MR) is 116 cm³/mol. The summed E-state index contributed by atoms with van der Waals surface area (Å²) in [6.07, 6.45) is 1.71. The average Bonchev–Trinajstić information content (AvgIpc) is 3.24. The predicted octanol–water partition coefficient (Wildman–Crippen LogP) is 3.56. The smallest absolute Gasteiger partial charge is 0.254 e. The lowest BCUT2D eigenvalue weighted by atomic mass is 9.88. The number of benzene rings is 2. The first-order chi connectivity index (χ1) is 14.6. The van der Waals surface area contributed by atoms with Crippen LogP contribution < -0.4 is 5.32 Å². The van der Waals surface area contributed by atoms with Crippen molar-refractivity contribution in [3.63, 3.8) is 0 Å². The van der Waals surface area contributed by atoms with E-state index in [1.807, 2.05) is 84.6 Å². The van der Waals surface area contributed by atoms with Crippen molar-refractivity contribution in [3.05, 3.63) is 101 Å². The summed E-state index contributed by atoms with van der Waals surface area (Å²) in [4.78, 5) is 32.4. The number of hydrogen-bond acceptors (Lipinski definition) is 3. The zero-order chi connectivity index (χ0) is 20.9. The summed E-state index contributed by atoms with van der Waals surface area (Å²) in [6, 6.07) is 23.2. The third-order valence-corrected chi connectivity index (χ3v) is 5.72. The van der Waals surface area contributed by atoms with Gasteiger partial charge < -0.3 is 10.2 Å². The van der Waals surface area contributed by atoms with E-state index in [-0.39, 0.29) is 23.7 Å². The highest BCUT2D eigenvalue weighted by Crippen LogP contribution is 2.34. The first-order valence-corrected chi connectivity index (χ1v) is 10.2. The number of amides is 2. The molecule has 2 heterocycles. The van der Waals surface area contributed by atoms with Crippen LogP contribution in [0.4, 0.5) is 0 Å². The molecule has 1 aliphatic heterocycles. The van der Waals surface area contributed by atoms with E-state index in [1.54, 1.807) is 6.20 Å². The molecule has 0 spiro atoms. The molecule has 3 aromatic rings. The van der Waals surface area contributed by atoms with Gasteiger partial charge in [0, 0.05) is 30.8 Å². The Morgan fingerprint density at radius 3 is 2.43 bits per heavy atom. The van der Waals surface area contributed by atoms with Crippen molar-refractivity contribution in [2.75, 3.05) is 13.1 Å². The van der Waals surface area contributed by atoms with Crippen LogP contribution in [0.2, 0.25) is 0 Å². The van der Waals surface area contributed by atoms with Crippen molar-refractivity contribution in [2.45, 2.75) is 19.4 Å². The maximum atomic E-state index is 13.2. The molecule has 30 heavy (non-hydrogen) atoms. The second-order valence-corrected chi connectivity index (χ2v) is 7.69. The fourth-order valence-corrected chi connectivity index (χ4v) is 4.07. The van der Waals surface area contributed by atoms with Crippen LogP contribution in [-0.2, 0) is 11.3 Å². The zero-order valence-corrected chi connectivity index (χ0v) is 17.0. The molecule has 0 bridgehead atoms. The zero-order valence-electron chi connectivity index (χ0n) is 17.0. The summed E-state index contributed by atoms with van der Waals surface area (Å²) >= 11 is 0. The normalized spacial score (nSPS) is 18.2. The Morgan fingerprint density at radius 1 is 0.967 bits per heavy atom. The van der Waals surface area contributed by atoms with Gasteiger partial charge in [-0.05, 0) is 36.2 Å². The molecule has 2 aromatic carbocycles. The fraction of sp³-hybridized carbons (Fsp3) is 0.240. The van der Waals surface area contributed by atoms with Gasteiger partial charge in [0.05, 0.1) is 18.2 Å². The Hall–Kier alpha value is -3.47. The number of pyridine rings is 1. The highest BCUT2D eigenvalue weighted by atomic mass is 16.2. The lowest BCUT2D eigenvalue weighted by Gasteiger charge is -2.18. The summed E-state index contributed by atoms with van der Waals surface area (Å²) in [5, 5.41) is 3.01. The van der Waals surface area contributed by atoms with Gasteiger partial charge in [0.15, 0.2) is 0 Å². The van der Waals surface area contributed by atoms with Crippen LogP contribution >= 0.6 is 0 Å². The van der Waals surface area contributed by atoms with Gasteiger partial charge in [0.25, 0.3) is 5.91 Å². The molecule has 1 N–H and O–H groups in total. The van der Waals surface area contributed by atoms with Crippen LogP contribution in [0.15, 0.2) is 79.0 Å².